The first-order valence-electron chi connectivity index (χ1n) is 5.49. The van der Waals surface area contributed by atoms with Gasteiger partial charge in [0.2, 0.25) is 0 Å². The summed E-state index contributed by atoms with van der Waals surface area (Å²) in [6.07, 6.45) is 0. The quantitative estimate of drug-likeness (QED) is 0.530. The van der Waals surface area contributed by atoms with Gasteiger partial charge in [0.15, 0.2) is 0 Å². The lowest BCUT2D eigenvalue weighted by molar-refractivity contribution is -0.148. The molecule has 1 aromatic rings. The van der Waals surface area contributed by atoms with Gasteiger partial charge in [-0.1, -0.05) is 30.3 Å². The van der Waals surface area contributed by atoms with Gasteiger partial charge in [-0.3, -0.25) is 4.84 Å². The van der Waals surface area contributed by atoms with Crippen molar-refractivity contribution in [2.24, 2.45) is 5.50 Å². The van der Waals surface area contributed by atoms with Crippen molar-refractivity contribution in [1.82, 2.24) is 5.48 Å². The van der Waals surface area contributed by atoms with E-state index in [0.717, 1.165) is 5.56 Å². The second kappa shape index (κ2) is 6.27. The van der Waals surface area contributed by atoms with Gasteiger partial charge >= 0.3 is 13.7 Å². The van der Waals surface area contributed by atoms with Gasteiger partial charge in [-0.25, -0.2) is 14.9 Å². The zero-order valence-electron chi connectivity index (χ0n) is 10.7. The Labute approximate surface area is 111 Å². The standard InChI is InChI=1S/C11H17N2O5P/c1-11(2,10(14)18-19(12,15)16)13-17-8-9-6-4-3-5-7-9/h3-7,13H,8H2,1-2H3,(H3,12,15,16). The number of nitrogens with two attached hydrogens (primary N) is 1. The minimum absolute atomic E-state index is 0.233. The zero-order chi connectivity index (χ0) is 14.5. The van der Waals surface area contributed by atoms with Crippen molar-refractivity contribution < 1.29 is 23.6 Å². The van der Waals surface area contributed by atoms with Crippen LogP contribution in [0, 0.1) is 0 Å². The highest BCUT2D eigenvalue weighted by Crippen LogP contribution is 2.33. The summed E-state index contributed by atoms with van der Waals surface area (Å²) < 4.78 is 15.0. The first-order valence-corrected chi connectivity index (χ1v) is 7.14. The van der Waals surface area contributed by atoms with Crippen molar-refractivity contribution >= 4 is 13.7 Å². The van der Waals surface area contributed by atoms with E-state index in [4.69, 9.17) is 15.2 Å². The van der Waals surface area contributed by atoms with Gasteiger partial charge in [0.25, 0.3) is 0 Å². The van der Waals surface area contributed by atoms with Crippen LogP contribution >= 0.6 is 7.75 Å². The van der Waals surface area contributed by atoms with Crippen LogP contribution in [-0.4, -0.2) is 16.4 Å². The van der Waals surface area contributed by atoms with E-state index >= 15 is 0 Å². The van der Waals surface area contributed by atoms with Crippen LogP contribution in [0.1, 0.15) is 19.4 Å². The molecule has 0 radical (unpaired) electrons. The lowest BCUT2D eigenvalue weighted by Crippen LogP contribution is -2.47. The molecule has 19 heavy (non-hydrogen) atoms. The minimum Gasteiger partial charge on any atom is -0.379 e. The second-order valence-corrected chi connectivity index (χ2v) is 5.76. The molecule has 0 bridgehead atoms. The molecule has 1 atom stereocenters. The maximum absolute atomic E-state index is 11.5. The number of nitrogens with one attached hydrogen (secondary N) is 1. The van der Waals surface area contributed by atoms with Gasteiger partial charge in [0.05, 0.1) is 6.61 Å². The van der Waals surface area contributed by atoms with E-state index in [1.807, 2.05) is 30.3 Å². The summed E-state index contributed by atoms with van der Waals surface area (Å²) in [5.74, 6) is -0.978. The summed E-state index contributed by atoms with van der Waals surface area (Å²) in [5.41, 5.74) is 6.83. The summed E-state index contributed by atoms with van der Waals surface area (Å²) in [6.45, 7) is 3.11. The highest BCUT2D eigenvalue weighted by molar-refractivity contribution is 7.50. The SMILES string of the molecule is CC(C)(NOCc1ccccc1)C(=O)OP(N)(=O)O. The van der Waals surface area contributed by atoms with Crippen molar-refractivity contribution in [2.75, 3.05) is 0 Å². The van der Waals surface area contributed by atoms with E-state index < -0.39 is 19.3 Å². The van der Waals surface area contributed by atoms with Crippen molar-refractivity contribution in [3.05, 3.63) is 35.9 Å². The molecule has 1 rings (SSSR count). The molecule has 0 aliphatic carbocycles. The molecule has 0 saturated carbocycles. The molecule has 1 aromatic carbocycles. The third-order valence-corrected chi connectivity index (χ3v) is 2.56. The van der Waals surface area contributed by atoms with Gasteiger partial charge in [-0.2, -0.15) is 5.48 Å². The van der Waals surface area contributed by atoms with Crippen molar-refractivity contribution in [3.63, 3.8) is 0 Å². The van der Waals surface area contributed by atoms with Crippen molar-refractivity contribution in [3.8, 4) is 0 Å². The third-order valence-electron chi connectivity index (χ3n) is 2.13. The molecule has 0 spiro atoms. The van der Waals surface area contributed by atoms with Crippen LogP contribution in [0.3, 0.4) is 0 Å². The van der Waals surface area contributed by atoms with E-state index in [0.29, 0.717) is 0 Å². The second-order valence-electron chi connectivity index (χ2n) is 4.44. The van der Waals surface area contributed by atoms with Crippen LogP contribution in [-0.2, 0) is 25.3 Å². The Morgan fingerprint density at radius 1 is 1.42 bits per heavy atom. The molecule has 106 valence electrons. The van der Waals surface area contributed by atoms with E-state index in [1.54, 1.807) is 0 Å². The number of carbonyl (C=O) groups is 1. The Kier molecular flexibility index (Phi) is 5.22. The molecule has 0 heterocycles. The average molecular weight is 288 g/mol. The van der Waals surface area contributed by atoms with E-state index in [-0.39, 0.29) is 6.61 Å². The summed E-state index contributed by atoms with van der Waals surface area (Å²) in [5, 5.41) is 0. The maximum Gasteiger partial charge on any atom is 0.455 e. The number of rotatable bonds is 6. The average Bonchev–Trinajstić information content (AvgIpc) is 2.28. The molecule has 0 aromatic heterocycles. The fraction of sp³-hybridized carbons (Fsp3) is 0.364. The van der Waals surface area contributed by atoms with Crippen LogP contribution in [0.15, 0.2) is 30.3 Å². The molecule has 0 aliphatic heterocycles. The summed E-state index contributed by atoms with van der Waals surface area (Å²) in [4.78, 5) is 25.5. The van der Waals surface area contributed by atoms with Crippen molar-refractivity contribution in [2.45, 2.75) is 26.0 Å². The molecule has 8 heteroatoms. The minimum atomic E-state index is -4.35. The fourth-order valence-corrected chi connectivity index (χ4v) is 1.61. The molecule has 0 aliphatic rings. The molecule has 4 N–H and O–H groups in total. The van der Waals surface area contributed by atoms with E-state index in [1.165, 1.54) is 13.8 Å². The van der Waals surface area contributed by atoms with Crippen LogP contribution in [0.25, 0.3) is 0 Å². The number of hydrogen-bond donors (Lipinski definition) is 3. The predicted molar refractivity (Wildman–Crippen MR) is 68.6 cm³/mol. The lowest BCUT2D eigenvalue weighted by atomic mass is 10.1. The van der Waals surface area contributed by atoms with Crippen molar-refractivity contribution in [1.29, 1.82) is 0 Å². The van der Waals surface area contributed by atoms with E-state index in [2.05, 4.69) is 10.0 Å². The van der Waals surface area contributed by atoms with Gasteiger partial charge in [-0.15, -0.1) is 0 Å². The Morgan fingerprint density at radius 2 is 2.00 bits per heavy atom. The van der Waals surface area contributed by atoms with Crippen LogP contribution < -0.4 is 11.0 Å². The van der Waals surface area contributed by atoms with Gasteiger partial charge in [-0.05, 0) is 19.4 Å². The van der Waals surface area contributed by atoms with Crippen LogP contribution in [0.2, 0.25) is 0 Å². The smallest absolute Gasteiger partial charge is 0.379 e. The number of carbonyl (C=O) groups excluding carboxylic acids is 1. The highest BCUT2D eigenvalue weighted by atomic mass is 31.2. The monoisotopic (exact) mass is 288 g/mol. The zero-order valence-corrected chi connectivity index (χ0v) is 11.6. The number of benzene rings is 1. The number of hydrogen-bond acceptors (Lipinski definition) is 5. The Hall–Kier alpha value is -1.24. The third kappa shape index (κ3) is 5.96. The number of hydroxylamine groups is 1. The first-order chi connectivity index (χ1) is 8.71. The highest BCUT2D eigenvalue weighted by Gasteiger charge is 2.34. The first kappa shape index (κ1) is 15.8. The summed E-state index contributed by atoms with van der Waals surface area (Å²) >= 11 is 0. The molecule has 7 nitrogen and oxygen atoms in total. The van der Waals surface area contributed by atoms with Crippen LogP contribution in [0.4, 0.5) is 0 Å². The van der Waals surface area contributed by atoms with E-state index in [9.17, 15) is 9.36 Å². The molecule has 1 unspecified atom stereocenters. The summed E-state index contributed by atoms with van der Waals surface area (Å²) in [6, 6.07) is 9.30. The molecular weight excluding hydrogens is 271 g/mol. The molecule has 0 amide bonds. The maximum atomic E-state index is 11.5. The Balaban J connectivity index is 2.46. The molecular formula is C11H17N2O5P. The largest absolute Gasteiger partial charge is 0.455 e. The van der Waals surface area contributed by atoms with Crippen LogP contribution in [0.5, 0.6) is 0 Å². The lowest BCUT2D eigenvalue weighted by Gasteiger charge is -2.23. The van der Waals surface area contributed by atoms with Gasteiger partial charge in [0, 0.05) is 0 Å². The molecule has 0 fully saturated rings. The predicted octanol–water partition coefficient (Wildman–Crippen LogP) is 1.09. The Bertz CT molecular complexity index is 471. The fourth-order valence-electron chi connectivity index (χ4n) is 1.15. The Morgan fingerprint density at radius 3 is 2.53 bits per heavy atom. The summed E-state index contributed by atoms with van der Waals surface area (Å²) in [7, 11) is -4.35. The van der Waals surface area contributed by atoms with Gasteiger partial charge in [0.1, 0.15) is 5.54 Å². The van der Waals surface area contributed by atoms with Gasteiger partial charge < -0.3 is 9.42 Å². The normalized spacial score (nSPS) is 14.7. The topological polar surface area (TPSA) is 111 Å². The molecule has 0 saturated heterocycles.